The normalized spacial score (nSPS) is 14.7. The molecule has 1 amide bonds. The van der Waals surface area contributed by atoms with Crippen LogP contribution in [0.1, 0.15) is 17.5 Å². The second kappa shape index (κ2) is 9.07. The quantitative estimate of drug-likeness (QED) is 0.546. The third-order valence-electron chi connectivity index (χ3n) is 5.78. The molecule has 0 aliphatic carbocycles. The number of carbonyl (C=O) groups is 1. The predicted octanol–water partition coefficient (Wildman–Crippen LogP) is 3.43. The first-order chi connectivity index (χ1) is 15.3. The Labute approximate surface area is 192 Å². The van der Waals surface area contributed by atoms with Crippen molar-refractivity contribution >= 4 is 42.4 Å². The van der Waals surface area contributed by atoms with Crippen LogP contribution in [0.4, 0.5) is 5.13 Å². The molecule has 170 valence electrons. The number of aryl methyl sites for hydroxylation is 2. The molecule has 0 radical (unpaired) electrons. The van der Waals surface area contributed by atoms with Crippen LogP contribution in [0, 0.1) is 13.8 Å². The molecule has 0 atom stereocenters. The van der Waals surface area contributed by atoms with E-state index in [1.165, 1.54) is 0 Å². The summed E-state index contributed by atoms with van der Waals surface area (Å²) < 4.78 is 31.6. The highest BCUT2D eigenvalue weighted by Crippen LogP contribution is 2.36. The first kappa shape index (κ1) is 22.5. The number of hydrogen-bond donors (Lipinski definition) is 0. The number of rotatable bonds is 6. The van der Waals surface area contributed by atoms with Gasteiger partial charge in [-0.3, -0.25) is 4.79 Å². The lowest BCUT2D eigenvalue weighted by molar-refractivity contribution is -0.131. The summed E-state index contributed by atoms with van der Waals surface area (Å²) in [6, 6.07) is 10.7. The molecular weight excluding hydrogens is 446 g/mol. The van der Waals surface area contributed by atoms with Gasteiger partial charge in [-0.05, 0) is 37.6 Å². The van der Waals surface area contributed by atoms with Crippen molar-refractivity contribution in [3.8, 4) is 5.75 Å². The molecular formula is C23H27N3O4S2. The number of benzene rings is 2. The molecule has 7 nitrogen and oxygen atoms in total. The van der Waals surface area contributed by atoms with Crippen molar-refractivity contribution in [2.24, 2.45) is 0 Å². The molecule has 0 N–H and O–H groups in total. The number of piperazine rings is 1. The monoisotopic (exact) mass is 473 g/mol. The minimum Gasteiger partial charge on any atom is -0.494 e. The number of sulfone groups is 1. The zero-order valence-electron chi connectivity index (χ0n) is 18.5. The van der Waals surface area contributed by atoms with E-state index in [0.29, 0.717) is 26.2 Å². The lowest BCUT2D eigenvalue weighted by Crippen LogP contribution is -2.49. The van der Waals surface area contributed by atoms with Crippen molar-refractivity contribution < 1.29 is 17.9 Å². The number of amides is 1. The van der Waals surface area contributed by atoms with Gasteiger partial charge in [0.15, 0.2) is 15.0 Å². The number of carbonyl (C=O) groups excluding carboxylic acids is 1. The van der Waals surface area contributed by atoms with Gasteiger partial charge in [0.2, 0.25) is 5.91 Å². The zero-order valence-corrected chi connectivity index (χ0v) is 20.1. The Morgan fingerprint density at radius 1 is 1.06 bits per heavy atom. The first-order valence-electron chi connectivity index (χ1n) is 10.5. The molecule has 3 aromatic rings. The Balaban J connectivity index is 1.36. The van der Waals surface area contributed by atoms with Gasteiger partial charge >= 0.3 is 0 Å². The molecule has 0 unspecified atom stereocenters. The number of methoxy groups -OCH3 is 1. The van der Waals surface area contributed by atoms with Gasteiger partial charge in [0, 0.05) is 32.6 Å². The first-order valence-corrected chi connectivity index (χ1v) is 13.0. The van der Waals surface area contributed by atoms with E-state index in [0.717, 1.165) is 32.2 Å². The lowest BCUT2D eigenvalue weighted by Gasteiger charge is -2.34. The molecule has 1 aliphatic heterocycles. The minimum absolute atomic E-state index is 0.00621. The highest BCUT2D eigenvalue weighted by atomic mass is 32.2. The summed E-state index contributed by atoms with van der Waals surface area (Å²) >= 11 is 1.63. The number of aromatic nitrogens is 1. The minimum atomic E-state index is -3.47. The number of anilines is 1. The third kappa shape index (κ3) is 4.59. The van der Waals surface area contributed by atoms with Crippen molar-refractivity contribution in [2.75, 3.05) is 43.9 Å². The van der Waals surface area contributed by atoms with E-state index in [4.69, 9.17) is 9.72 Å². The molecule has 1 saturated heterocycles. The van der Waals surface area contributed by atoms with Crippen LogP contribution in [0.2, 0.25) is 0 Å². The second-order valence-electron chi connectivity index (χ2n) is 8.01. The maximum atomic E-state index is 12.7. The molecule has 0 spiro atoms. The van der Waals surface area contributed by atoms with E-state index in [-0.39, 0.29) is 23.0 Å². The fraction of sp³-hybridized carbons (Fsp3) is 0.391. The van der Waals surface area contributed by atoms with Crippen molar-refractivity contribution in [2.45, 2.75) is 25.2 Å². The summed E-state index contributed by atoms with van der Waals surface area (Å²) in [6.45, 7) is 6.40. The van der Waals surface area contributed by atoms with Crippen molar-refractivity contribution in [1.82, 2.24) is 9.88 Å². The Hall–Kier alpha value is -2.65. The number of fused-ring (bicyclic) bond motifs is 1. The summed E-state index contributed by atoms with van der Waals surface area (Å²) in [5.74, 6) is 0.463. The molecule has 1 aromatic heterocycles. The summed E-state index contributed by atoms with van der Waals surface area (Å²) in [5, 5.41) is 0.918. The van der Waals surface area contributed by atoms with E-state index in [2.05, 4.69) is 11.8 Å². The Bertz CT molecular complexity index is 1230. The maximum absolute atomic E-state index is 12.7. The average Bonchev–Trinajstić information content (AvgIpc) is 3.25. The third-order valence-corrected chi connectivity index (χ3v) is 8.76. The fourth-order valence-electron chi connectivity index (χ4n) is 3.79. The van der Waals surface area contributed by atoms with Gasteiger partial charge in [-0.25, -0.2) is 13.4 Å². The van der Waals surface area contributed by atoms with Crippen LogP contribution in [-0.2, 0) is 14.6 Å². The van der Waals surface area contributed by atoms with Crippen molar-refractivity contribution in [3.63, 3.8) is 0 Å². The standard InChI is InChI=1S/C23H27N3O4S2/c1-16-4-7-18(8-5-16)32(28,29)15-10-20(27)25-11-13-26(14-12-25)23-24-21-19(30-3)9-6-17(2)22(21)31-23/h4-9H,10-15H2,1-3H3. The number of hydrogen-bond acceptors (Lipinski definition) is 7. The smallest absolute Gasteiger partial charge is 0.223 e. The van der Waals surface area contributed by atoms with Crippen LogP contribution in [0.15, 0.2) is 41.3 Å². The SMILES string of the molecule is COc1ccc(C)c2sc(N3CCN(C(=O)CCS(=O)(=O)c4ccc(C)cc4)CC3)nc12. The van der Waals surface area contributed by atoms with Gasteiger partial charge in [-0.15, -0.1) is 0 Å². The van der Waals surface area contributed by atoms with E-state index < -0.39 is 9.84 Å². The summed E-state index contributed by atoms with van der Waals surface area (Å²) in [7, 11) is -1.82. The summed E-state index contributed by atoms with van der Waals surface area (Å²) in [5.41, 5.74) is 3.03. The highest BCUT2D eigenvalue weighted by Gasteiger charge is 2.25. The molecule has 1 fully saturated rings. The molecule has 9 heteroatoms. The van der Waals surface area contributed by atoms with Crippen molar-refractivity contribution in [1.29, 1.82) is 0 Å². The van der Waals surface area contributed by atoms with E-state index in [1.807, 2.05) is 19.1 Å². The molecule has 2 heterocycles. The maximum Gasteiger partial charge on any atom is 0.223 e. The molecule has 32 heavy (non-hydrogen) atoms. The summed E-state index contributed by atoms with van der Waals surface area (Å²) in [4.78, 5) is 21.6. The number of nitrogens with zero attached hydrogens (tertiary/aromatic N) is 3. The largest absolute Gasteiger partial charge is 0.494 e. The molecule has 1 aliphatic rings. The van der Waals surface area contributed by atoms with E-state index in [1.54, 1.807) is 47.6 Å². The van der Waals surface area contributed by atoms with E-state index in [9.17, 15) is 13.2 Å². The molecule has 0 saturated carbocycles. The van der Waals surface area contributed by atoms with E-state index >= 15 is 0 Å². The van der Waals surface area contributed by atoms with Crippen LogP contribution in [-0.4, -0.2) is 63.3 Å². The molecule has 2 aromatic carbocycles. The topological polar surface area (TPSA) is 79.8 Å². The second-order valence-corrected chi connectivity index (χ2v) is 11.1. The fourth-order valence-corrected chi connectivity index (χ4v) is 6.12. The van der Waals surface area contributed by atoms with Gasteiger partial charge in [0.25, 0.3) is 0 Å². The Morgan fingerprint density at radius 3 is 2.41 bits per heavy atom. The van der Waals surface area contributed by atoms with Gasteiger partial charge < -0.3 is 14.5 Å². The Kier molecular flexibility index (Phi) is 6.39. The number of ether oxygens (including phenoxy) is 1. The van der Waals surface area contributed by atoms with Crippen LogP contribution < -0.4 is 9.64 Å². The number of thiazole rings is 1. The van der Waals surface area contributed by atoms with Gasteiger partial charge in [-0.2, -0.15) is 0 Å². The van der Waals surface area contributed by atoms with Crippen LogP contribution in [0.25, 0.3) is 10.2 Å². The van der Waals surface area contributed by atoms with Crippen LogP contribution in [0.3, 0.4) is 0 Å². The molecule has 0 bridgehead atoms. The van der Waals surface area contributed by atoms with Crippen LogP contribution >= 0.6 is 11.3 Å². The van der Waals surface area contributed by atoms with Crippen LogP contribution in [0.5, 0.6) is 5.75 Å². The lowest BCUT2D eigenvalue weighted by atomic mass is 10.2. The highest BCUT2D eigenvalue weighted by molar-refractivity contribution is 7.91. The van der Waals surface area contributed by atoms with Crippen molar-refractivity contribution in [3.05, 3.63) is 47.5 Å². The summed E-state index contributed by atoms with van der Waals surface area (Å²) in [6.07, 6.45) is -0.00621. The molecule has 4 rings (SSSR count). The van der Waals surface area contributed by atoms with Gasteiger partial charge in [0.05, 0.1) is 22.5 Å². The average molecular weight is 474 g/mol. The Morgan fingerprint density at radius 2 is 1.75 bits per heavy atom. The zero-order chi connectivity index (χ0) is 22.9. The predicted molar refractivity (Wildman–Crippen MR) is 128 cm³/mol. The van der Waals surface area contributed by atoms with Gasteiger partial charge in [0.1, 0.15) is 11.3 Å². The van der Waals surface area contributed by atoms with Gasteiger partial charge in [-0.1, -0.05) is 35.1 Å².